The van der Waals surface area contributed by atoms with E-state index in [0.29, 0.717) is 22.9 Å². The molecule has 0 aliphatic heterocycles. The van der Waals surface area contributed by atoms with Crippen molar-refractivity contribution in [3.8, 4) is 28.4 Å². The largest absolute Gasteiger partial charge is 0.493 e. The lowest BCUT2D eigenvalue weighted by molar-refractivity contribution is 0.0967. The van der Waals surface area contributed by atoms with Crippen LogP contribution in [0.25, 0.3) is 23.0 Å². The molecule has 0 aliphatic rings. The second kappa shape index (κ2) is 9.67. The molecule has 0 aliphatic carbocycles. The number of rotatable bonds is 6. The molecule has 0 atom stereocenters. The third-order valence-corrected chi connectivity index (χ3v) is 5.77. The van der Waals surface area contributed by atoms with E-state index in [9.17, 15) is 9.59 Å². The summed E-state index contributed by atoms with van der Waals surface area (Å²) in [4.78, 5) is 26.7. The lowest BCUT2D eigenvalue weighted by atomic mass is 10.0. The molecule has 34 heavy (non-hydrogen) atoms. The van der Waals surface area contributed by atoms with E-state index < -0.39 is 11.6 Å². The molecule has 0 radical (unpaired) electrons. The van der Waals surface area contributed by atoms with Crippen LogP contribution in [-0.4, -0.2) is 29.3 Å². The summed E-state index contributed by atoms with van der Waals surface area (Å²) in [5.74, 6) is 0.710. The first-order valence-corrected chi connectivity index (χ1v) is 10.8. The Bertz CT molecular complexity index is 1430. The van der Waals surface area contributed by atoms with Gasteiger partial charge in [-0.15, -0.1) is 0 Å². The molecule has 0 saturated carbocycles. The SMILES string of the molecule is COc1ccc(/C=C/C(=O)n2c(-c3ccc(C)c(C)c3)cn(-c3ccccc3)c2=O)cc1OC. The number of aromatic nitrogens is 2. The van der Waals surface area contributed by atoms with Gasteiger partial charge in [0.1, 0.15) is 0 Å². The smallest absolute Gasteiger partial charge is 0.340 e. The molecule has 4 rings (SSSR count). The van der Waals surface area contributed by atoms with Crippen LogP contribution in [0.5, 0.6) is 11.5 Å². The second-order valence-electron chi connectivity index (χ2n) is 7.92. The third kappa shape index (κ3) is 4.43. The minimum atomic E-state index is -0.442. The molecule has 0 bridgehead atoms. The van der Waals surface area contributed by atoms with E-state index in [1.54, 1.807) is 38.6 Å². The molecule has 0 N–H and O–H groups in total. The quantitative estimate of drug-likeness (QED) is 0.371. The molecule has 4 aromatic rings. The van der Waals surface area contributed by atoms with Crippen molar-refractivity contribution in [3.63, 3.8) is 0 Å². The van der Waals surface area contributed by atoms with Gasteiger partial charge in [0.2, 0.25) is 0 Å². The van der Waals surface area contributed by atoms with Crippen molar-refractivity contribution >= 4 is 12.0 Å². The number of nitrogens with zero attached hydrogens (tertiary/aromatic N) is 2. The Kier molecular flexibility index (Phi) is 6.50. The van der Waals surface area contributed by atoms with Gasteiger partial charge in [0.05, 0.1) is 25.6 Å². The van der Waals surface area contributed by atoms with Crippen LogP contribution in [0.4, 0.5) is 0 Å². The van der Waals surface area contributed by atoms with Gasteiger partial charge in [-0.25, -0.2) is 9.36 Å². The number of allylic oxidation sites excluding steroid dienone is 1. The normalized spacial score (nSPS) is 11.1. The molecule has 1 heterocycles. The number of aryl methyl sites for hydroxylation is 2. The van der Waals surface area contributed by atoms with Crippen molar-refractivity contribution in [1.82, 2.24) is 9.13 Å². The van der Waals surface area contributed by atoms with E-state index in [4.69, 9.17) is 9.47 Å². The molecule has 1 aromatic heterocycles. The predicted molar refractivity (Wildman–Crippen MR) is 134 cm³/mol. The van der Waals surface area contributed by atoms with E-state index in [-0.39, 0.29) is 0 Å². The van der Waals surface area contributed by atoms with Gasteiger partial charge in [-0.2, -0.15) is 0 Å². The van der Waals surface area contributed by atoms with Crippen LogP contribution in [0.15, 0.2) is 83.8 Å². The Labute approximate surface area is 198 Å². The van der Waals surface area contributed by atoms with Gasteiger partial charge in [0, 0.05) is 17.8 Å². The summed E-state index contributed by atoms with van der Waals surface area (Å²) >= 11 is 0. The highest BCUT2D eigenvalue weighted by atomic mass is 16.5. The molecule has 0 amide bonds. The predicted octanol–water partition coefficient (Wildman–Crippen LogP) is 5.29. The minimum Gasteiger partial charge on any atom is -0.493 e. The molecular formula is C28H26N2O4. The van der Waals surface area contributed by atoms with Crippen molar-refractivity contribution in [2.45, 2.75) is 13.8 Å². The van der Waals surface area contributed by atoms with Gasteiger partial charge in [-0.05, 0) is 66.9 Å². The van der Waals surface area contributed by atoms with E-state index in [1.165, 1.54) is 15.2 Å². The van der Waals surface area contributed by atoms with E-state index in [2.05, 4.69) is 0 Å². The third-order valence-electron chi connectivity index (χ3n) is 5.77. The Hall–Kier alpha value is -4.32. The van der Waals surface area contributed by atoms with Crippen molar-refractivity contribution in [3.05, 3.63) is 106 Å². The fourth-order valence-electron chi connectivity index (χ4n) is 3.74. The molecule has 6 nitrogen and oxygen atoms in total. The van der Waals surface area contributed by atoms with E-state index in [1.807, 2.05) is 68.4 Å². The fourth-order valence-corrected chi connectivity index (χ4v) is 3.74. The first kappa shape index (κ1) is 22.9. The standard InChI is InChI=1S/C28H26N2O4/c1-19-10-13-22(16-20(19)2)24-18-29(23-8-6-5-7-9-23)28(32)30(24)27(31)15-12-21-11-14-25(33-3)26(17-21)34-4/h5-18H,1-4H3/b15-12+. The lowest BCUT2D eigenvalue weighted by Gasteiger charge is -2.08. The van der Waals surface area contributed by atoms with Crippen molar-refractivity contribution < 1.29 is 14.3 Å². The van der Waals surface area contributed by atoms with Crippen LogP contribution < -0.4 is 15.2 Å². The summed E-state index contributed by atoms with van der Waals surface area (Å²) in [6, 6.07) is 20.5. The lowest BCUT2D eigenvalue weighted by Crippen LogP contribution is -2.27. The number of hydrogen-bond donors (Lipinski definition) is 0. The number of benzene rings is 3. The zero-order valence-electron chi connectivity index (χ0n) is 19.6. The fraction of sp³-hybridized carbons (Fsp3) is 0.143. The highest BCUT2D eigenvalue weighted by Gasteiger charge is 2.18. The van der Waals surface area contributed by atoms with E-state index in [0.717, 1.165) is 22.3 Å². The van der Waals surface area contributed by atoms with Crippen molar-refractivity contribution in [2.75, 3.05) is 14.2 Å². The Morgan fingerprint density at radius 1 is 0.853 bits per heavy atom. The zero-order chi connectivity index (χ0) is 24.2. The van der Waals surface area contributed by atoms with E-state index >= 15 is 0 Å². The number of imidazole rings is 1. The highest BCUT2D eigenvalue weighted by molar-refractivity contribution is 5.96. The van der Waals surface area contributed by atoms with Gasteiger partial charge in [0.15, 0.2) is 11.5 Å². The first-order chi connectivity index (χ1) is 16.4. The van der Waals surface area contributed by atoms with Gasteiger partial charge < -0.3 is 9.47 Å². The van der Waals surface area contributed by atoms with Crippen LogP contribution in [0.3, 0.4) is 0 Å². The highest BCUT2D eigenvalue weighted by Crippen LogP contribution is 2.28. The summed E-state index contributed by atoms with van der Waals surface area (Å²) < 4.78 is 13.3. The first-order valence-electron chi connectivity index (χ1n) is 10.8. The van der Waals surface area contributed by atoms with Crippen molar-refractivity contribution in [1.29, 1.82) is 0 Å². The Balaban J connectivity index is 1.80. The van der Waals surface area contributed by atoms with Crippen LogP contribution >= 0.6 is 0 Å². The number of para-hydroxylation sites is 1. The molecule has 0 spiro atoms. The average Bonchev–Trinajstić information content (AvgIpc) is 3.21. The number of methoxy groups -OCH3 is 2. The molecular weight excluding hydrogens is 428 g/mol. The molecule has 172 valence electrons. The Morgan fingerprint density at radius 3 is 2.26 bits per heavy atom. The van der Waals surface area contributed by atoms with Crippen LogP contribution in [0, 0.1) is 13.8 Å². The van der Waals surface area contributed by atoms with Crippen LogP contribution in [0.1, 0.15) is 21.5 Å². The summed E-state index contributed by atoms with van der Waals surface area (Å²) in [7, 11) is 3.12. The summed E-state index contributed by atoms with van der Waals surface area (Å²) in [5, 5.41) is 0. The second-order valence-corrected chi connectivity index (χ2v) is 7.92. The number of hydrogen-bond acceptors (Lipinski definition) is 4. The summed E-state index contributed by atoms with van der Waals surface area (Å²) in [6.07, 6.45) is 4.76. The summed E-state index contributed by atoms with van der Waals surface area (Å²) in [6.45, 7) is 4.03. The molecule has 0 saturated heterocycles. The van der Waals surface area contributed by atoms with Gasteiger partial charge in [-0.1, -0.05) is 36.4 Å². The van der Waals surface area contributed by atoms with Gasteiger partial charge in [0.25, 0.3) is 5.91 Å². The number of carbonyl (C=O) groups is 1. The zero-order valence-corrected chi connectivity index (χ0v) is 19.6. The molecule has 0 unspecified atom stereocenters. The monoisotopic (exact) mass is 454 g/mol. The van der Waals surface area contributed by atoms with Crippen LogP contribution in [0.2, 0.25) is 0 Å². The minimum absolute atomic E-state index is 0.429. The van der Waals surface area contributed by atoms with Crippen molar-refractivity contribution in [2.24, 2.45) is 0 Å². The topological polar surface area (TPSA) is 62.5 Å². The molecule has 6 heteroatoms. The maximum absolute atomic E-state index is 13.4. The summed E-state index contributed by atoms with van der Waals surface area (Å²) in [5.41, 5.74) is 4.54. The Morgan fingerprint density at radius 2 is 1.59 bits per heavy atom. The molecule has 0 fully saturated rings. The maximum atomic E-state index is 13.4. The molecule has 3 aromatic carbocycles. The average molecular weight is 455 g/mol. The van der Waals surface area contributed by atoms with Crippen LogP contribution in [-0.2, 0) is 0 Å². The maximum Gasteiger partial charge on any atom is 0.340 e. The number of ether oxygens (including phenoxy) is 2. The number of carbonyl (C=O) groups excluding carboxylic acids is 1. The van der Waals surface area contributed by atoms with Gasteiger partial charge >= 0.3 is 5.69 Å². The van der Waals surface area contributed by atoms with Gasteiger partial charge in [-0.3, -0.25) is 9.36 Å².